The number of benzene rings is 2. The molecule has 0 unspecified atom stereocenters. The van der Waals surface area contributed by atoms with Gasteiger partial charge in [-0.3, -0.25) is 4.79 Å². The molecular formula is C19H13Cl3N2O4. The summed E-state index contributed by atoms with van der Waals surface area (Å²) in [5, 5.41) is 5.42. The Kier molecular flexibility index (Phi) is 5.93. The van der Waals surface area contributed by atoms with E-state index in [1.165, 1.54) is 17.9 Å². The van der Waals surface area contributed by atoms with E-state index in [2.05, 4.69) is 9.84 Å². The number of hydrogen-bond acceptors (Lipinski definition) is 5. The number of esters is 1. The Hall–Kier alpha value is -2.54. The number of methoxy groups -OCH3 is 2. The molecule has 0 spiro atoms. The summed E-state index contributed by atoms with van der Waals surface area (Å²) < 4.78 is 11.4. The average Bonchev–Trinajstić information content (AvgIpc) is 2.68. The summed E-state index contributed by atoms with van der Waals surface area (Å²) in [6.45, 7) is 0. The third kappa shape index (κ3) is 3.71. The van der Waals surface area contributed by atoms with Crippen LogP contribution in [0.25, 0.3) is 16.9 Å². The van der Waals surface area contributed by atoms with E-state index in [1.54, 1.807) is 36.4 Å². The summed E-state index contributed by atoms with van der Waals surface area (Å²) in [7, 11) is 2.48. The van der Waals surface area contributed by atoms with Crippen molar-refractivity contribution < 1.29 is 14.3 Å². The largest absolute Gasteiger partial charge is 0.491 e. The highest BCUT2D eigenvalue weighted by Crippen LogP contribution is 2.36. The number of rotatable bonds is 4. The van der Waals surface area contributed by atoms with Crippen LogP contribution in [0.2, 0.25) is 15.1 Å². The van der Waals surface area contributed by atoms with Crippen molar-refractivity contribution in [1.29, 1.82) is 0 Å². The van der Waals surface area contributed by atoms with Crippen LogP contribution >= 0.6 is 34.8 Å². The summed E-state index contributed by atoms with van der Waals surface area (Å²) in [5.74, 6) is -1.01. The number of aromatic nitrogens is 2. The van der Waals surface area contributed by atoms with Crippen LogP contribution in [0.5, 0.6) is 5.75 Å². The predicted molar refractivity (Wildman–Crippen MR) is 108 cm³/mol. The predicted octanol–water partition coefficient (Wildman–Crippen LogP) is 4.65. The first-order valence-electron chi connectivity index (χ1n) is 7.88. The Balaban J connectivity index is 2.44. The minimum Gasteiger partial charge on any atom is -0.491 e. The molecule has 0 saturated carbocycles. The van der Waals surface area contributed by atoms with Crippen LogP contribution in [0.15, 0.2) is 47.3 Å². The van der Waals surface area contributed by atoms with Crippen molar-refractivity contribution in [3.05, 3.63) is 73.4 Å². The third-order valence-electron chi connectivity index (χ3n) is 3.89. The molecule has 144 valence electrons. The van der Waals surface area contributed by atoms with Gasteiger partial charge in [0.25, 0.3) is 5.43 Å². The topological polar surface area (TPSA) is 70.4 Å². The quantitative estimate of drug-likeness (QED) is 0.553. The minimum atomic E-state index is -0.889. The van der Waals surface area contributed by atoms with E-state index in [0.717, 1.165) is 7.11 Å². The second-order valence-electron chi connectivity index (χ2n) is 5.56. The van der Waals surface area contributed by atoms with Crippen LogP contribution in [0.3, 0.4) is 0 Å². The van der Waals surface area contributed by atoms with E-state index in [-0.39, 0.29) is 16.5 Å². The van der Waals surface area contributed by atoms with E-state index in [9.17, 15) is 9.59 Å². The van der Waals surface area contributed by atoms with Gasteiger partial charge in [-0.25, -0.2) is 9.48 Å². The normalized spacial score (nSPS) is 10.6. The van der Waals surface area contributed by atoms with Gasteiger partial charge in [-0.15, -0.1) is 0 Å². The average molecular weight is 440 g/mol. The zero-order valence-corrected chi connectivity index (χ0v) is 17.0. The molecule has 0 aliphatic carbocycles. The van der Waals surface area contributed by atoms with Gasteiger partial charge in [-0.05, 0) is 42.5 Å². The molecule has 0 radical (unpaired) electrons. The molecule has 28 heavy (non-hydrogen) atoms. The van der Waals surface area contributed by atoms with Gasteiger partial charge < -0.3 is 9.47 Å². The van der Waals surface area contributed by atoms with E-state index in [4.69, 9.17) is 39.5 Å². The Bertz CT molecular complexity index is 1110. The van der Waals surface area contributed by atoms with Gasteiger partial charge in [0, 0.05) is 15.6 Å². The van der Waals surface area contributed by atoms with Gasteiger partial charge in [0.1, 0.15) is 5.69 Å². The lowest BCUT2D eigenvalue weighted by Crippen LogP contribution is -2.25. The number of carbonyl (C=O) groups excluding carboxylic acids is 1. The van der Waals surface area contributed by atoms with Crippen LogP contribution in [-0.4, -0.2) is 30.0 Å². The van der Waals surface area contributed by atoms with Crippen molar-refractivity contribution in [2.24, 2.45) is 0 Å². The van der Waals surface area contributed by atoms with Crippen molar-refractivity contribution in [1.82, 2.24) is 9.78 Å². The lowest BCUT2D eigenvalue weighted by atomic mass is 10.1. The minimum absolute atomic E-state index is 0.116. The molecule has 3 rings (SSSR count). The van der Waals surface area contributed by atoms with Crippen LogP contribution in [0.4, 0.5) is 0 Å². The van der Waals surface area contributed by atoms with Gasteiger partial charge in [0.2, 0.25) is 5.69 Å². The maximum Gasteiger partial charge on any atom is 0.362 e. The van der Waals surface area contributed by atoms with Gasteiger partial charge in [0.05, 0.1) is 24.9 Å². The molecular weight excluding hydrogens is 427 g/mol. The second-order valence-corrected chi connectivity index (χ2v) is 6.84. The molecule has 0 atom stereocenters. The van der Waals surface area contributed by atoms with Crippen molar-refractivity contribution in [3.63, 3.8) is 0 Å². The first kappa shape index (κ1) is 20.2. The molecule has 2 aromatic carbocycles. The van der Waals surface area contributed by atoms with Crippen molar-refractivity contribution in [2.45, 2.75) is 0 Å². The first-order valence-corrected chi connectivity index (χ1v) is 9.01. The van der Waals surface area contributed by atoms with Crippen LogP contribution in [0, 0.1) is 0 Å². The highest BCUT2D eigenvalue weighted by Gasteiger charge is 2.26. The summed E-state index contributed by atoms with van der Waals surface area (Å²) >= 11 is 18.3. The van der Waals surface area contributed by atoms with Gasteiger partial charge >= 0.3 is 5.97 Å². The summed E-state index contributed by atoms with van der Waals surface area (Å²) in [5.41, 5.74) is 0.0700. The van der Waals surface area contributed by atoms with Crippen LogP contribution in [-0.2, 0) is 4.74 Å². The number of halogens is 3. The smallest absolute Gasteiger partial charge is 0.362 e. The molecule has 0 aliphatic heterocycles. The maximum absolute atomic E-state index is 12.8. The molecule has 9 heteroatoms. The molecule has 0 fully saturated rings. The molecule has 0 aliphatic rings. The monoisotopic (exact) mass is 438 g/mol. The Morgan fingerprint density at radius 2 is 1.64 bits per heavy atom. The fourth-order valence-electron chi connectivity index (χ4n) is 2.61. The third-order valence-corrected chi connectivity index (χ3v) is 4.69. The lowest BCUT2D eigenvalue weighted by Gasteiger charge is -2.18. The zero-order chi connectivity index (χ0) is 20.4. The molecule has 1 heterocycles. The fourth-order valence-corrected chi connectivity index (χ4v) is 3.24. The van der Waals surface area contributed by atoms with Crippen molar-refractivity contribution in [2.75, 3.05) is 14.2 Å². The van der Waals surface area contributed by atoms with Gasteiger partial charge in [0.15, 0.2) is 5.75 Å². The highest BCUT2D eigenvalue weighted by atomic mass is 35.5. The molecule has 0 bridgehead atoms. The van der Waals surface area contributed by atoms with Crippen LogP contribution in [0.1, 0.15) is 10.5 Å². The number of carbonyl (C=O) groups is 1. The van der Waals surface area contributed by atoms with Gasteiger partial charge in [-0.2, -0.15) is 5.10 Å². The standard InChI is InChI=1S/C19H13Cl3N2O4/c1-27-18-16(13-8-5-11(21)9-14(13)22)24(12-6-3-10(20)4-7-12)23-15(17(18)25)19(26)28-2/h3-9H,1-2H3. The molecule has 0 N–H and O–H groups in total. The summed E-state index contributed by atoms with van der Waals surface area (Å²) in [6, 6.07) is 11.4. The number of nitrogens with zero attached hydrogens (tertiary/aromatic N) is 2. The van der Waals surface area contributed by atoms with Gasteiger partial charge in [-0.1, -0.05) is 34.8 Å². The van der Waals surface area contributed by atoms with E-state index >= 15 is 0 Å². The zero-order valence-electron chi connectivity index (χ0n) is 14.7. The number of hydrogen-bond donors (Lipinski definition) is 0. The molecule has 6 nitrogen and oxygen atoms in total. The Morgan fingerprint density at radius 1 is 1.00 bits per heavy atom. The van der Waals surface area contributed by atoms with Crippen LogP contribution < -0.4 is 10.2 Å². The molecule has 0 amide bonds. The summed E-state index contributed by atoms with van der Waals surface area (Å²) in [4.78, 5) is 24.9. The second kappa shape index (κ2) is 8.22. The first-order chi connectivity index (χ1) is 13.4. The fraction of sp³-hybridized carbons (Fsp3) is 0.105. The van der Waals surface area contributed by atoms with Crippen molar-refractivity contribution >= 4 is 40.8 Å². The SMILES string of the molecule is COC(=O)c1nn(-c2ccc(Cl)cc2)c(-c2ccc(Cl)cc2Cl)c(OC)c1=O. The van der Waals surface area contributed by atoms with Crippen molar-refractivity contribution in [3.8, 4) is 22.7 Å². The van der Waals surface area contributed by atoms with E-state index in [0.29, 0.717) is 21.3 Å². The van der Waals surface area contributed by atoms with E-state index in [1.807, 2.05) is 0 Å². The highest BCUT2D eigenvalue weighted by molar-refractivity contribution is 6.36. The molecule has 1 aromatic heterocycles. The summed E-state index contributed by atoms with van der Waals surface area (Å²) in [6.07, 6.45) is 0. The Labute approximate surface area is 175 Å². The van der Waals surface area contributed by atoms with E-state index < -0.39 is 17.1 Å². The molecule has 0 saturated heterocycles. The number of ether oxygens (including phenoxy) is 2. The Morgan fingerprint density at radius 3 is 2.21 bits per heavy atom. The lowest BCUT2D eigenvalue weighted by molar-refractivity contribution is 0.0589. The molecule has 3 aromatic rings. The maximum atomic E-state index is 12.8.